The van der Waals surface area contributed by atoms with Gasteiger partial charge in [0.2, 0.25) is 0 Å². The Balaban J connectivity index is 2.64. The van der Waals surface area contributed by atoms with Crippen molar-refractivity contribution in [2.45, 2.75) is 55.3 Å². The van der Waals surface area contributed by atoms with E-state index in [9.17, 15) is 0 Å². The SMILES string of the molecule is C[C](C)([Pd])[Si]1(C)CCCCC1. The standard InChI is InChI=1S/C9H19Si.Pd/c1-9(2)10(3)7-5-4-6-8-10;/h4-8H2,1-3H3;. The molecule has 1 heterocycles. The molecule has 0 aromatic rings. The van der Waals surface area contributed by atoms with Gasteiger partial charge in [0, 0.05) is 0 Å². The minimum absolute atomic E-state index is 0.496. The molecule has 0 nitrogen and oxygen atoms in total. The Labute approximate surface area is 82.6 Å². The first-order valence-electron chi connectivity index (χ1n) is 4.62. The van der Waals surface area contributed by atoms with E-state index in [1.165, 1.54) is 19.3 Å². The first-order chi connectivity index (χ1) is 4.96. The van der Waals surface area contributed by atoms with Crippen LogP contribution < -0.4 is 0 Å². The molecule has 0 saturated carbocycles. The van der Waals surface area contributed by atoms with Crippen molar-refractivity contribution in [3.63, 3.8) is 0 Å². The van der Waals surface area contributed by atoms with Gasteiger partial charge < -0.3 is 0 Å². The first kappa shape index (κ1) is 9.96. The fourth-order valence-corrected chi connectivity index (χ4v) is 6.55. The van der Waals surface area contributed by atoms with Gasteiger partial charge in [-0.15, -0.1) is 0 Å². The molecule has 0 aromatic carbocycles. The molecule has 0 unspecified atom stereocenters. The van der Waals surface area contributed by atoms with E-state index in [1.807, 2.05) is 0 Å². The fraction of sp³-hybridized carbons (Fsp3) is 1.00. The van der Waals surface area contributed by atoms with Gasteiger partial charge in [0.05, 0.1) is 0 Å². The molecule has 1 fully saturated rings. The molecule has 1 saturated heterocycles. The van der Waals surface area contributed by atoms with E-state index in [-0.39, 0.29) is 0 Å². The molecule has 0 atom stereocenters. The van der Waals surface area contributed by atoms with E-state index in [4.69, 9.17) is 0 Å². The van der Waals surface area contributed by atoms with Crippen molar-refractivity contribution in [3.05, 3.63) is 0 Å². The van der Waals surface area contributed by atoms with Gasteiger partial charge in [0.15, 0.2) is 0 Å². The number of hydrogen-bond donors (Lipinski definition) is 0. The average molecular weight is 262 g/mol. The van der Waals surface area contributed by atoms with Crippen molar-refractivity contribution in [1.82, 2.24) is 0 Å². The topological polar surface area (TPSA) is 0 Å². The van der Waals surface area contributed by atoms with E-state index in [0.29, 0.717) is 3.51 Å². The zero-order chi connectivity index (χ0) is 8.54. The molecule has 0 spiro atoms. The van der Waals surface area contributed by atoms with Crippen LogP contribution in [0.4, 0.5) is 0 Å². The van der Waals surface area contributed by atoms with Crippen LogP contribution in [0.15, 0.2) is 0 Å². The van der Waals surface area contributed by atoms with Gasteiger partial charge in [-0.2, -0.15) is 0 Å². The molecule has 0 N–H and O–H groups in total. The summed E-state index contributed by atoms with van der Waals surface area (Å²) in [5.41, 5.74) is 0. The number of rotatable bonds is 1. The van der Waals surface area contributed by atoms with Crippen molar-refractivity contribution in [2.24, 2.45) is 0 Å². The van der Waals surface area contributed by atoms with Gasteiger partial charge in [0.1, 0.15) is 0 Å². The van der Waals surface area contributed by atoms with Gasteiger partial charge in [-0.25, -0.2) is 0 Å². The summed E-state index contributed by atoms with van der Waals surface area (Å²) in [6.07, 6.45) is 4.46. The van der Waals surface area contributed by atoms with Crippen LogP contribution in [0.25, 0.3) is 0 Å². The molecule has 11 heavy (non-hydrogen) atoms. The Bertz CT molecular complexity index is 131. The predicted molar refractivity (Wildman–Crippen MR) is 49.1 cm³/mol. The molecule has 69 valence electrons. The molecular weight excluding hydrogens is 243 g/mol. The second kappa shape index (κ2) is 3.32. The Morgan fingerprint density at radius 1 is 1.09 bits per heavy atom. The molecule has 0 aromatic heterocycles. The van der Waals surface area contributed by atoms with Crippen LogP contribution in [0.5, 0.6) is 0 Å². The van der Waals surface area contributed by atoms with E-state index >= 15 is 0 Å². The van der Waals surface area contributed by atoms with Gasteiger partial charge in [-0.3, -0.25) is 0 Å². The van der Waals surface area contributed by atoms with Crippen molar-refractivity contribution in [2.75, 3.05) is 0 Å². The van der Waals surface area contributed by atoms with Gasteiger partial charge in [0.25, 0.3) is 0 Å². The minimum atomic E-state index is -0.905. The summed E-state index contributed by atoms with van der Waals surface area (Å²) in [5.74, 6) is 0. The van der Waals surface area contributed by atoms with Crippen LogP contribution in [0.1, 0.15) is 33.1 Å². The molecule has 0 amide bonds. The third kappa shape index (κ3) is 2.17. The van der Waals surface area contributed by atoms with Gasteiger partial charge in [-0.1, -0.05) is 0 Å². The Morgan fingerprint density at radius 3 is 1.82 bits per heavy atom. The van der Waals surface area contributed by atoms with Crippen LogP contribution in [-0.2, 0) is 19.2 Å². The van der Waals surface area contributed by atoms with Gasteiger partial charge in [-0.05, 0) is 0 Å². The van der Waals surface area contributed by atoms with E-state index in [1.54, 1.807) is 12.1 Å². The zero-order valence-corrected chi connectivity index (χ0v) is 10.4. The first-order valence-corrected chi connectivity index (χ1v) is 8.31. The van der Waals surface area contributed by atoms with Crippen LogP contribution in [-0.4, -0.2) is 8.07 Å². The molecule has 0 aliphatic carbocycles. The summed E-state index contributed by atoms with van der Waals surface area (Å²) in [7, 11) is -0.905. The molecule has 1 aliphatic heterocycles. The second-order valence-corrected chi connectivity index (χ2v) is 12.5. The summed E-state index contributed by atoms with van der Waals surface area (Å²) in [5, 5.41) is 0. The van der Waals surface area contributed by atoms with Crippen molar-refractivity contribution >= 4 is 8.07 Å². The molecule has 1 aliphatic rings. The summed E-state index contributed by atoms with van der Waals surface area (Å²) < 4.78 is 0.496. The maximum absolute atomic E-state index is 3.58. The van der Waals surface area contributed by atoms with Crippen molar-refractivity contribution in [1.29, 1.82) is 0 Å². The summed E-state index contributed by atoms with van der Waals surface area (Å²) in [4.78, 5) is 0. The third-order valence-corrected chi connectivity index (χ3v) is 11.9. The van der Waals surface area contributed by atoms with E-state index in [0.717, 1.165) is 0 Å². The monoisotopic (exact) mass is 261 g/mol. The van der Waals surface area contributed by atoms with Crippen LogP contribution >= 0.6 is 0 Å². The number of hydrogen-bond acceptors (Lipinski definition) is 0. The molecule has 1 rings (SSSR count). The van der Waals surface area contributed by atoms with E-state index in [2.05, 4.69) is 39.6 Å². The fourth-order valence-electron chi connectivity index (χ4n) is 1.91. The van der Waals surface area contributed by atoms with Gasteiger partial charge >= 0.3 is 82.5 Å². The molecule has 0 radical (unpaired) electrons. The second-order valence-electron chi connectivity index (χ2n) is 4.52. The Morgan fingerprint density at radius 2 is 1.55 bits per heavy atom. The third-order valence-electron chi connectivity index (χ3n) is 3.36. The van der Waals surface area contributed by atoms with Crippen LogP contribution in [0.2, 0.25) is 22.1 Å². The summed E-state index contributed by atoms with van der Waals surface area (Å²) in [6.45, 7) is 7.33. The summed E-state index contributed by atoms with van der Waals surface area (Å²) >= 11 is 3.58. The van der Waals surface area contributed by atoms with Crippen molar-refractivity contribution < 1.29 is 19.2 Å². The van der Waals surface area contributed by atoms with Crippen LogP contribution in [0, 0.1) is 0 Å². The van der Waals surface area contributed by atoms with Crippen LogP contribution in [0.3, 0.4) is 0 Å². The van der Waals surface area contributed by atoms with Crippen molar-refractivity contribution in [3.8, 4) is 0 Å². The Hall–Kier alpha value is 0.879. The predicted octanol–water partition coefficient (Wildman–Crippen LogP) is 3.53. The summed E-state index contributed by atoms with van der Waals surface area (Å²) in [6, 6.07) is 3.08. The van der Waals surface area contributed by atoms with E-state index < -0.39 is 8.07 Å². The normalized spacial score (nSPS) is 25.2. The Kier molecular flexibility index (Phi) is 3.01. The molecule has 0 bridgehead atoms. The average Bonchev–Trinajstić information content (AvgIpc) is 1.87. The quantitative estimate of drug-likeness (QED) is 0.634. The molecule has 2 heteroatoms. The zero-order valence-electron chi connectivity index (χ0n) is 7.85. The molecular formula is C9H19PdSi. The maximum atomic E-state index is 3.58.